The molecule has 0 aromatic rings. The van der Waals surface area contributed by atoms with Crippen LogP contribution in [-0.4, -0.2) is 37.8 Å². The van der Waals surface area contributed by atoms with Crippen LogP contribution >= 0.6 is 0 Å². The summed E-state index contributed by atoms with van der Waals surface area (Å²) in [7, 11) is 1.68. The van der Waals surface area contributed by atoms with Gasteiger partial charge in [-0.05, 0) is 6.92 Å². The fourth-order valence-corrected chi connectivity index (χ4v) is 0.144. The van der Waals surface area contributed by atoms with Crippen LogP contribution < -0.4 is 0 Å². The molecule has 0 aliphatic rings. The van der Waals surface area contributed by atoms with Gasteiger partial charge in [0.1, 0.15) is 0 Å². The van der Waals surface area contributed by atoms with Crippen LogP contribution in [0.4, 0.5) is 18.0 Å². The number of rotatable bonds is 2. The van der Waals surface area contributed by atoms with Crippen molar-refractivity contribution in [2.24, 2.45) is 0 Å². The maximum absolute atomic E-state index is 11.0. The van der Waals surface area contributed by atoms with Crippen LogP contribution in [0.5, 0.6) is 0 Å². The number of ether oxygens (including phenoxy) is 2. The molecule has 1 N–H and O–H groups in total. The smallest absolute Gasteiger partial charge is 0.450 e. The lowest BCUT2D eigenvalue weighted by molar-refractivity contribution is -0.163. The first-order valence-electron chi connectivity index (χ1n) is 3.25. The fraction of sp³-hybridized carbons (Fsp3) is 0.833. The van der Waals surface area contributed by atoms with E-state index in [0.717, 1.165) is 6.61 Å². The topological polar surface area (TPSA) is 55.8 Å². The fourth-order valence-electron chi connectivity index (χ4n) is 0.144. The van der Waals surface area contributed by atoms with Crippen molar-refractivity contribution in [2.45, 2.75) is 13.1 Å². The van der Waals surface area contributed by atoms with E-state index in [2.05, 4.69) is 9.47 Å². The molecule has 0 atom stereocenters. The van der Waals surface area contributed by atoms with Gasteiger partial charge in [0.2, 0.25) is 0 Å². The van der Waals surface area contributed by atoms with Crippen LogP contribution in [0.3, 0.4) is 0 Å². The monoisotopic (exact) mass is 204 g/mol. The zero-order chi connectivity index (χ0) is 10.9. The zero-order valence-corrected chi connectivity index (χ0v) is 7.22. The molecule has 0 aliphatic carbocycles. The van der Waals surface area contributed by atoms with E-state index in [1.807, 2.05) is 6.92 Å². The lowest BCUT2D eigenvalue weighted by atomic mass is 10.7. The van der Waals surface area contributed by atoms with Gasteiger partial charge in [-0.2, -0.15) is 13.2 Å². The molecule has 0 rings (SSSR count). The molecule has 0 saturated heterocycles. The second kappa shape index (κ2) is 7.66. The van der Waals surface area contributed by atoms with E-state index in [4.69, 9.17) is 5.11 Å². The maximum Gasteiger partial charge on any atom is 0.506 e. The predicted molar refractivity (Wildman–Crippen MR) is 37.6 cm³/mol. The Morgan fingerprint density at radius 3 is 1.92 bits per heavy atom. The molecule has 0 amide bonds. The third-order valence-electron chi connectivity index (χ3n) is 0.648. The molecule has 80 valence electrons. The van der Waals surface area contributed by atoms with E-state index in [9.17, 15) is 18.0 Å². The molecule has 13 heavy (non-hydrogen) atoms. The lowest BCUT2D eigenvalue weighted by Crippen LogP contribution is -2.19. The number of methoxy groups -OCH3 is 1. The van der Waals surface area contributed by atoms with Gasteiger partial charge in [-0.3, -0.25) is 0 Å². The highest BCUT2D eigenvalue weighted by Gasteiger charge is 2.29. The van der Waals surface area contributed by atoms with Gasteiger partial charge >= 0.3 is 12.3 Å². The summed E-state index contributed by atoms with van der Waals surface area (Å²) in [6, 6.07) is 0. The molecule has 0 bridgehead atoms. The van der Waals surface area contributed by atoms with Gasteiger partial charge in [0.05, 0.1) is 0 Å². The molecule has 0 heterocycles. The van der Waals surface area contributed by atoms with Crippen LogP contribution in [0.1, 0.15) is 6.92 Å². The second-order valence-electron chi connectivity index (χ2n) is 1.75. The highest BCUT2D eigenvalue weighted by Crippen LogP contribution is 2.14. The van der Waals surface area contributed by atoms with Gasteiger partial charge in [0.15, 0.2) is 6.61 Å². The predicted octanol–water partition coefficient (Wildman–Crippen LogP) is 1.90. The van der Waals surface area contributed by atoms with Crippen LogP contribution in [0.2, 0.25) is 0 Å². The standard InChI is InChI=1S/C3H3F3O3.C3H8O/c4-3(5,6)1-9-2(7)8;1-3-4-2/h1H2,(H,7,8);3H2,1-2H3. The number of alkyl halides is 3. The van der Waals surface area contributed by atoms with E-state index in [1.165, 1.54) is 0 Å². The molecule has 0 saturated carbocycles. The number of hydrogen-bond donors (Lipinski definition) is 1. The maximum atomic E-state index is 11.0. The largest absolute Gasteiger partial charge is 0.506 e. The number of carboxylic acid groups (broad SMARTS) is 1. The van der Waals surface area contributed by atoms with Gasteiger partial charge in [-0.25, -0.2) is 4.79 Å². The SMILES string of the molecule is CCOC.O=C(O)OCC(F)(F)F. The number of halogens is 3. The molecular weight excluding hydrogens is 193 g/mol. The average molecular weight is 204 g/mol. The minimum Gasteiger partial charge on any atom is -0.450 e. The Bertz CT molecular complexity index is 132. The van der Waals surface area contributed by atoms with Crippen molar-refractivity contribution in [3.05, 3.63) is 0 Å². The molecule has 0 radical (unpaired) electrons. The summed E-state index contributed by atoms with van der Waals surface area (Å²) in [6.45, 7) is 1.03. The molecule has 4 nitrogen and oxygen atoms in total. The molecular formula is C6H11F3O4. The van der Waals surface area contributed by atoms with Gasteiger partial charge in [-0.15, -0.1) is 0 Å². The van der Waals surface area contributed by atoms with Crippen molar-refractivity contribution in [1.82, 2.24) is 0 Å². The normalized spacial score (nSPS) is 9.92. The van der Waals surface area contributed by atoms with E-state index in [0.29, 0.717) is 0 Å². The van der Waals surface area contributed by atoms with E-state index in [-0.39, 0.29) is 0 Å². The summed E-state index contributed by atoms with van der Waals surface area (Å²) in [5.74, 6) is 0. The quantitative estimate of drug-likeness (QED) is 0.698. The molecule has 7 heteroatoms. The lowest BCUT2D eigenvalue weighted by Gasteiger charge is -2.02. The first-order chi connectivity index (χ1) is 5.83. The van der Waals surface area contributed by atoms with Crippen LogP contribution in [0, 0.1) is 0 Å². The van der Waals surface area contributed by atoms with Crippen LogP contribution in [-0.2, 0) is 9.47 Å². The molecule has 0 aromatic heterocycles. The Labute approximate surface area is 73.2 Å². The number of hydrogen-bond acceptors (Lipinski definition) is 3. The summed E-state index contributed by atoms with van der Waals surface area (Å²) in [5.41, 5.74) is 0. The Kier molecular flexibility index (Phi) is 8.56. The van der Waals surface area contributed by atoms with Crippen LogP contribution in [0.25, 0.3) is 0 Å². The summed E-state index contributed by atoms with van der Waals surface area (Å²) >= 11 is 0. The minimum atomic E-state index is -4.57. The van der Waals surface area contributed by atoms with E-state index in [1.54, 1.807) is 7.11 Å². The van der Waals surface area contributed by atoms with Gasteiger partial charge < -0.3 is 14.6 Å². The highest BCUT2D eigenvalue weighted by molar-refractivity contribution is 5.56. The highest BCUT2D eigenvalue weighted by atomic mass is 19.4. The van der Waals surface area contributed by atoms with Gasteiger partial charge in [0, 0.05) is 13.7 Å². The zero-order valence-electron chi connectivity index (χ0n) is 7.22. The van der Waals surface area contributed by atoms with Gasteiger partial charge in [-0.1, -0.05) is 0 Å². The van der Waals surface area contributed by atoms with Gasteiger partial charge in [0.25, 0.3) is 0 Å². The Hall–Kier alpha value is -0.980. The Morgan fingerprint density at radius 2 is 1.85 bits per heavy atom. The Morgan fingerprint density at radius 1 is 1.46 bits per heavy atom. The van der Waals surface area contributed by atoms with Crippen molar-refractivity contribution in [2.75, 3.05) is 20.3 Å². The molecule has 0 spiro atoms. The summed E-state index contributed by atoms with van der Waals surface area (Å²) in [6.07, 6.45) is -6.49. The van der Waals surface area contributed by atoms with Crippen molar-refractivity contribution < 1.29 is 32.5 Å². The van der Waals surface area contributed by atoms with Crippen molar-refractivity contribution in [3.8, 4) is 0 Å². The third-order valence-corrected chi connectivity index (χ3v) is 0.648. The summed E-state index contributed by atoms with van der Waals surface area (Å²) in [4.78, 5) is 9.32. The third kappa shape index (κ3) is 24.7. The molecule has 0 fully saturated rings. The minimum absolute atomic E-state index is 0.819. The van der Waals surface area contributed by atoms with Crippen molar-refractivity contribution >= 4 is 6.16 Å². The first-order valence-corrected chi connectivity index (χ1v) is 3.25. The molecule has 0 aromatic carbocycles. The molecule has 0 aliphatic heterocycles. The number of carbonyl (C=O) groups is 1. The average Bonchev–Trinajstić information content (AvgIpc) is 2.00. The van der Waals surface area contributed by atoms with Crippen LogP contribution in [0.15, 0.2) is 0 Å². The Balaban J connectivity index is 0. The first kappa shape index (κ1) is 14.5. The van der Waals surface area contributed by atoms with E-state index < -0.39 is 18.9 Å². The molecule has 0 unspecified atom stereocenters. The van der Waals surface area contributed by atoms with E-state index >= 15 is 0 Å². The second-order valence-corrected chi connectivity index (χ2v) is 1.75. The van der Waals surface area contributed by atoms with Crippen molar-refractivity contribution in [3.63, 3.8) is 0 Å². The summed E-state index contributed by atoms with van der Waals surface area (Å²) in [5, 5.41) is 7.55. The summed E-state index contributed by atoms with van der Waals surface area (Å²) < 4.78 is 40.8. The van der Waals surface area contributed by atoms with Crippen molar-refractivity contribution in [1.29, 1.82) is 0 Å².